The molecule has 1 aliphatic rings. The predicted molar refractivity (Wildman–Crippen MR) is 108 cm³/mol. The molecule has 1 heterocycles. The van der Waals surface area contributed by atoms with E-state index in [0.717, 1.165) is 22.7 Å². The van der Waals surface area contributed by atoms with Crippen molar-refractivity contribution in [3.05, 3.63) is 102 Å². The molecule has 27 heavy (non-hydrogen) atoms. The van der Waals surface area contributed by atoms with Crippen LogP contribution < -0.4 is 15.0 Å². The Balaban J connectivity index is 1.77. The van der Waals surface area contributed by atoms with Crippen molar-refractivity contribution in [1.29, 1.82) is 0 Å². The van der Waals surface area contributed by atoms with Gasteiger partial charge in [-0.3, -0.25) is 9.69 Å². The van der Waals surface area contributed by atoms with Gasteiger partial charge >= 0.3 is 0 Å². The second-order valence-corrected chi connectivity index (χ2v) is 6.27. The molecule has 134 valence electrons. The minimum absolute atomic E-state index is 0.0686. The molecule has 4 nitrogen and oxygen atoms in total. The number of rotatable bonds is 5. The smallest absolute Gasteiger partial charge is 0.275 e. The van der Waals surface area contributed by atoms with Gasteiger partial charge in [0, 0.05) is 16.9 Å². The summed E-state index contributed by atoms with van der Waals surface area (Å²) in [5, 5.41) is 3.26. The van der Waals surface area contributed by atoms with Gasteiger partial charge in [-0.2, -0.15) is 0 Å². The predicted octanol–water partition coefficient (Wildman–Crippen LogP) is 4.78. The Morgan fingerprint density at radius 1 is 0.852 bits per heavy atom. The fraction of sp³-hybridized carbons (Fsp3) is 0.0870. The van der Waals surface area contributed by atoms with E-state index in [4.69, 9.17) is 4.74 Å². The number of hydrogen-bond acceptors (Lipinski definition) is 3. The SMILES string of the molecule is COc1ccccc1[C@@H]1C=C(Nc2ccccc2)C(=O)N1c1ccccc1. The average molecular weight is 356 g/mol. The van der Waals surface area contributed by atoms with E-state index >= 15 is 0 Å². The zero-order valence-corrected chi connectivity index (χ0v) is 15.0. The number of para-hydroxylation sites is 3. The highest BCUT2D eigenvalue weighted by molar-refractivity contribution is 6.11. The molecular formula is C23H20N2O2. The summed E-state index contributed by atoms with van der Waals surface area (Å²) in [6.07, 6.45) is 1.96. The van der Waals surface area contributed by atoms with E-state index in [1.165, 1.54) is 0 Å². The Hall–Kier alpha value is -3.53. The molecule has 0 aliphatic carbocycles. The highest BCUT2D eigenvalue weighted by atomic mass is 16.5. The molecule has 0 saturated carbocycles. The molecule has 0 fully saturated rings. The molecule has 1 aliphatic heterocycles. The number of nitrogens with one attached hydrogen (secondary N) is 1. The first kappa shape index (κ1) is 16.9. The largest absolute Gasteiger partial charge is 0.496 e. The number of amides is 1. The summed E-state index contributed by atoms with van der Waals surface area (Å²) in [6.45, 7) is 0. The Labute approximate surface area is 158 Å². The van der Waals surface area contributed by atoms with Crippen molar-refractivity contribution in [1.82, 2.24) is 0 Å². The molecule has 3 aromatic rings. The highest BCUT2D eigenvalue weighted by Gasteiger charge is 2.36. The molecule has 0 saturated heterocycles. The molecule has 0 aromatic heterocycles. The van der Waals surface area contributed by atoms with E-state index in [1.807, 2.05) is 91.0 Å². The van der Waals surface area contributed by atoms with E-state index in [2.05, 4.69) is 5.32 Å². The number of ether oxygens (including phenoxy) is 1. The lowest BCUT2D eigenvalue weighted by molar-refractivity contribution is -0.114. The van der Waals surface area contributed by atoms with E-state index in [-0.39, 0.29) is 11.9 Å². The summed E-state index contributed by atoms with van der Waals surface area (Å²) in [6, 6.07) is 27.0. The van der Waals surface area contributed by atoms with Crippen LogP contribution >= 0.6 is 0 Å². The van der Waals surface area contributed by atoms with Gasteiger partial charge in [-0.25, -0.2) is 0 Å². The van der Waals surface area contributed by atoms with Crippen LogP contribution in [0, 0.1) is 0 Å². The lowest BCUT2D eigenvalue weighted by Gasteiger charge is -2.26. The van der Waals surface area contributed by atoms with Crippen LogP contribution in [0.5, 0.6) is 5.75 Å². The summed E-state index contributed by atoms with van der Waals surface area (Å²) in [7, 11) is 1.65. The zero-order valence-electron chi connectivity index (χ0n) is 15.0. The molecule has 3 aromatic carbocycles. The van der Waals surface area contributed by atoms with E-state index in [0.29, 0.717) is 5.70 Å². The third-order valence-corrected chi connectivity index (χ3v) is 4.60. The van der Waals surface area contributed by atoms with Crippen LogP contribution in [0.2, 0.25) is 0 Å². The second-order valence-electron chi connectivity index (χ2n) is 6.27. The van der Waals surface area contributed by atoms with Crippen LogP contribution in [0.25, 0.3) is 0 Å². The fourth-order valence-electron chi connectivity index (χ4n) is 3.34. The second kappa shape index (κ2) is 7.38. The summed E-state index contributed by atoms with van der Waals surface area (Å²) in [5.74, 6) is 0.689. The number of anilines is 2. The molecule has 0 bridgehead atoms. The minimum Gasteiger partial charge on any atom is -0.496 e. The topological polar surface area (TPSA) is 41.6 Å². The fourth-order valence-corrected chi connectivity index (χ4v) is 3.34. The quantitative estimate of drug-likeness (QED) is 0.715. The van der Waals surface area contributed by atoms with E-state index in [9.17, 15) is 4.79 Å². The average Bonchev–Trinajstić information content (AvgIpc) is 3.05. The Kier molecular flexibility index (Phi) is 4.62. The maximum absolute atomic E-state index is 13.2. The van der Waals surface area contributed by atoms with Crippen molar-refractivity contribution in [3.63, 3.8) is 0 Å². The lowest BCUT2D eigenvalue weighted by Crippen LogP contribution is -2.30. The molecule has 0 spiro atoms. The molecule has 0 unspecified atom stereocenters. The number of carbonyl (C=O) groups excluding carboxylic acids is 1. The minimum atomic E-state index is -0.248. The summed E-state index contributed by atoms with van der Waals surface area (Å²) in [4.78, 5) is 15.0. The van der Waals surface area contributed by atoms with Gasteiger partial charge in [-0.05, 0) is 36.4 Å². The third kappa shape index (κ3) is 3.29. The lowest BCUT2D eigenvalue weighted by atomic mass is 10.0. The van der Waals surface area contributed by atoms with Crippen LogP contribution in [0.15, 0.2) is 96.7 Å². The van der Waals surface area contributed by atoms with Gasteiger partial charge in [-0.15, -0.1) is 0 Å². The van der Waals surface area contributed by atoms with Gasteiger partial charge in [0.2, 0.25) is 0 Å². The third-order valence-electron chi connectivity index (χ3n) is 4.60. The van der Waals surface area contributed by atoms with E-state index in [1.54, 1.807) is 12.0 Å². The first-order valence-electron chi connectivity index (χ1n) is 8.83. The van der Waals surface area contributed by atoms with Gasteiger partial charge in [0.1, 0.15) is 11.4 Å². The number of carbonyl (C=O) groups is 1. The monoisotopic (exact) mass is 356 g/mol. The van der Waals surface area contributed by atoms with Crippen molar-refractivity contribution >= 4 is 17.3 Å². The Morgan fingerprint density at radius 3 is 2.19 bits per heavy atom. The van der Waals surface area contributed by atoms with Gasteiger partial charge in [-0.1, -0.05) is 54.6 Å². The highest BCUT2D eigenvalue weighted by Crippen LogP contribution is 2.39. The molecule has 1 N–H and O–H groups in total. The van der Waals surface area contributed by atoms with Crippen LogP contribution in [-0.4, -0.2) is 13.0 Å². The molecule has 4 heteroatoms. The molecule has 0 radical (unpaired) electrons. The number of benzene rings is 3. The van der Waals surface area contributed by atoms with Crippen LogP contribution in [0.4, 0.5) is 11.4 Å². The number of methoxy groups -OCH3 is 1. The normalized spacial score (nSPS) is 16.2. The summed E-state index contributed by atoms with van der Waals surface area (Å²) >= 11 is 0. The van der Waals surface area contributed by atoms with Crippen molar-refractivity contribution in [2.75, 3.05) is 17.3 Å². The van der Waals surface area contributed by atoms with Crippen LogP contribution in [0.3, 0.4) is 0 Å². The Morgan fingerprint density at radius 2 is 1.48 bits per heavy atom. The van der Waals surface area contributed by atoms with Crippen LogP contribution in [0.1, 0.15) is 11.6 Å². The first-order chi connectivity index (χ1) is 13.3. The summed E-state index contributed by atoms with van der Waals surface area (Å²) in [5.41, 5.74) is 3.23. The summed E-state index contributed by atoms with van der Waals surface area (Å²) < 4.78 is 5.54. The van der Waals surface area contributed by atoms with Crippen molar-refractivity contribution < 1.29 is 9.53 Å². The molecular weight excluding hydrogens is 336 g/mol. The maximum atomic E-state index is 13.2. The Bertz CT molecular complexity index is 968. The van der Waals surface area contributed by atoms with Gasteiger partial charge in [0.15, 0.2) is 0 Å². The standard InChI is InChI=1S/C23H20N2O2/c1-27-22-15-9-8-14-19(22)21-16-20(24-17-10-4-2-5-11-17)23(26)25(21)18-12-6-3-7-13-18/h2-16,21,24H,1H3/t21-/m0/s1. The zero-order chi connectivity index (χ0) is 18.6. The molecule has 4 rings (SSSR count). The van der Waals surface area contributed by atoms with E-state index < -0.39 is 0 Å². The first-order valence-corrected chi connectivity index (χ1v) is 8.83. The number of nitrogens with zero attached hydrogens (tertiary/aromatic N) is 1. The van der Waals surface area contributed by atoms with Gasteiger partial charge < -0.3 is 10.1 Å². The van der Waals surface area contributed by atoms with Crippen molar-refractivity contribution in [3.8, 4) is 5.75 Å². The van der Waals surface area contributed by atoms with Crippen LogP contribution in [-0.2, 0) is 4.79 Å². The number of hydrogen-bond donors (Lipinski definition) is 1. The van der Waals surface area contributed by atoms with Crippen molar-refractivity contribution in [2.45, 2.75) is 6.04 Å². The van der Waals surface area contributed by atoms with Gasteiger partial charge in [0.05, 0.1) is 13.2 Å². The molecule has 1 atom stereocenters. The van der Waals surface area contributed by atoms with Crippen molar-refractivity contribution in [2.24, 2.45) is 0 Å². The maximum Gasteiger partial charge on any atom is 0.275 e. The van der Waals surface area contributed by atoms with Gasteiger partial charge in [0.25, 0.3) is 5.91 Å². The molecule has 1 amide bonds.